The maximum Gasteiger partial charge on any atom is 0.226 e. The van der Waals surface area contributed by atoms with Crippen molar-refractivity contribution in [2.75, 3.05) is 18.5 Å². The van der Waals surface area contributed by atoms with E-state index in [2.05, 4.69) is 37.3 Å². The Morgan fingerprint density at radius 1 is 1.20 bits per heavy atom. The number of anilines is 1. The fraction of sp³-hybridized carbons (Fsp3) is 0.346. The number of nitrogens with one attached hydrogen (secondary N) is 2. The lowest BCUT2D eigenvalue weighted by Gasteiger charge is -2.29. The number of pyridine rings is 1. The molecule has 0 spiro atoms. The third-order valence-corrected chi connectivity index (χ3v) is 6.85. The minimum atomic E-state index is -0.342. The number of aromatic nitrogens is 2. The van der Waals surface area contributed by atoms with Crippen molar-refractivity contribution in [2.24, 2.45) is 0 Å². The molecule has 3 aromatic rings. The number of rotatable bonds is 8. The summed E-state index contributed by atoms with van der Waals surface area (Å²) < 4.78 is 21.3. The van der Waals surface area contributed by atoms with Gasteiger partial charge in [-0.15, -0.1) is 0 Å². The monoisotopic (exact) mass is 493 g/mol. The van der Waals surface area contributed by atoms with Gasteiger partial charge in [-0.2, -0.15) is 0 Å². The second-order valence-electron chi connectivity index (χ2n) is 8.85. The summed E-state index contributed by atoms with van der Waals surface area (Å²) in [6.07, 6.45) is 6.43. The molecule has 3 atom stereocenters. The Bertz CT molecular complexity index is 1160. The fourth-order valence-corrected chi connectivity index (χ4v) is 5.15. The first kappa shape index (κ1) is 23.4. The van der Waals surface area contributed by atoms with Crippen molar-refractivity contribution in [1.29, 1.82) is 0 Å². The second-order valence-corrected chi connectivity index (χ2v) is 9.23. The molecular weight excluding hydrogens is 465 g/mol. The van der Waals surface area contributed by atoms with Crippen molar-refractivity contribution in [2.45, 2.75) is 44.0 Å². The van der Waals surface area contributed by atoms with E-state index in [1.54, 1.807) is 18.3 Å². The molecule has 2 aromatic heterocycles. The largest absolute Gasteiger partial charge is 0.376 e. The summed E-state index contributed by atoms with van der Waals surface area (Å²) in [7, 11) is 0. The molecule has 9 heteroatoms. The first-order chi connectivity index (χ1) is 17.1. The first-order valence-electron chi connectivity index (χ1n) is 11.9. The molecule has 0 saturated carbocycles. The number of halogens is 1. The summed E-state index contributed by atoms with van der Waals surface area (Å²) in [5, 5.41) is 6.85. The van der Waals surface area contributed by atoms with Gasteiger partial charge in [0, 0.05) is 49.9 Å². The van der Waals surface area contributed by atoms with Gasteiger partial charge in [-0.05, 0) is 73.6 Å². The highest BCUT2D eigenvalue weighted by atomic mass is 32.1. The average Bonchev–Trinajstić information content (AvgIpc) is 3.61. The molecule has 2 aliphatic rings. The number of hydrogen-bond acceptors (Lipinski definition) is 4. The van der Waals surface area contributed by atoms with Gasteiger partial charge in [-0.1, -0.05) is 6.07 Å². The summed E-state index contributed by atoms with van der Waals surface area (Å²) >= 11 is 5.73. The zero-order chi connectivity index (χ0) is 24.2. The van der Waals surface area contributed by atoms with Crippen LogP contribution < -0.4 is 10.6 Å². The lowest BCUT2D eigenvalue weighted by Crippen LogP contribution is -2.33. The van der Waals surface area contributed by atoms with Crippen molar-refractivity contribution in [3.63, 3.8) is 0 Å². The Labute approximate surface area is 209 Å². The minimum Gasteiger partial charge on any atom is -0.376 e. The van der Waals surface area contributed by atoms with Crippen LogP contribution in [0.5, 0.6) is 0 Å². The van der Waals surface area contributed by atoms with Crippen molar-refractivity contribution >= 4 is 28.9 Å². The summed E-state index contributed by atoms with van der Waals surface area (Å²) in [5.41, 5.74) is 2.55. The summed E-state index contributed by atoms with van der Waals surface area (Å²) in [6.45, 7) is 2.01. The Morgan fingerprint density at radius 2 is 2.06 bits per heavy atom. The Balaban J connectivity index is 1.36. The fourth-order valence-electron chi connectivity index (χ4n) is 4.82. The van der Waals surface area contributed by atoms with Gasteiger partial charge in [-0.25, -0.2) is 4.39 Å². The number of carbonyl (C=O) groups is 1. The molecule has 2 aliphatic heterocycles. The quantitative estimate of drug-likeness (QED) is 0.459. The number of hydrogen-bond donors (Lipinski definition) is 2. The van der Waals surface area contributed by atoms with E-state index in [9.17, 15) is 9.18 Å². The molecule has 4 heterocycles. The van der Waals surface area contributed by atoms with Crippen LogP contribution in [0.15, 0.2) is 67.0 Å². The first-order valence-corrected chi connectivity index (χ1v) is 12.3. The van der Waals surface area contributed by atoms with E-state index in [1.165, 1.54) is 12.1 Å². The van der Waals surface area contributed by atoms with E-state index < -0.39 is 0 Å². The van der Waals surface area contributed by atoms with Crippen LogP contribution in [-0.2, 0) is 16.1 Å². The molecule has 2 saturated heterocycles. The Hall–Kier alpha value is -3.30. The lowest BCUT2D eigenvalue weighted by atomic mass is 10.0. The minimum absolute atomic E-state index is 0.132. The molecule has 2 fully saturated rings. The highest BCUT2D eigenvalue weighted by Crippen LogP contribution is 2.39. The normalized spacial score (nSPS) is 21.8. The molecule has 2 N–H and O–H groups in total. The number of amides is 1. The van der Waals surface area contributed by atoms with Crippen LogP contribution in [0.25, 0.3) is 0 Å². The van der Waals surface area contributed by atoms with Gasteiger partial charge in [0.15, 0.2) is 5.11 Å². The zero-order valence-corrected chi connectivity index (χ0v) is 20.1. The van der Waals surface area contributed by atoms with E-state index in [1.807, 2.05) is 24.3 Å². The molecule has 0 aliphatic carbocycles. The molecule has 7 nitrogen and oxygen atoms in total. The average molecular weight is 494 g/mol. The third kappa shape index (κ3) is 5.36. The SMILES string of the molecule is O=C(CCN1C(=S)N[C@H](c2ccccn2)[C@@H]1c1cccn1C[C@@H]1CCCO1)Nc1ccc(F)cc1. The van der Waals surface area contributed by atoms with Crippen LogP contribution in [0, 0.1) is 5.82 Å². The van der Waals surface area contributed by atoms with Gasteiger partial charge in [-0.3, -0.25) is 9.78 Å². The second kappa shape index (κ2) is 10.5. The van der Waals surface area contributed by atoms with Crippen LogP contribution in [0.2, 0.25) is 0 Å². The van der Waals surface area contributed by atoms with Gasteiger partial charge < -0.3 is 24.8 Å². The molecule has 1 amide bonds. The number of nitrogens with zero attached hydrogens (tertiary/aromatic N) is 3. The van der Waals surface area contributed by atoms with Crippen molar-refractivity contribution < 1.29 is 13.9 Å². The van der Waals surface area contributed by atoms with Gasteiger partial charge in [0.2, 0.25) is 5.91 Å². The molecule has 35 heavy (non-hydrogen) atoms. The standard InChI is InChI=1S/C26H28FN5O2S/c27-18-8-10-19(11-9-18)29-23(33)12-15-32-25(24(30-26(32)35)21-6-1-2-13-28-21)22-7-3-14-31(22)17-20-5-4-16-34-20/h1-3,6-11,13-14,20,24-25H,4-5,12,15-17H2,(H,29,33)(H,30,35)/t20-,24+,25-/m0/s1. The number of ether oxygens (including phenoxy) is 1. The molecule has 1 aromatic carbocycles. The van der Waals surface area contributed by atoms with Crippen molar-refractivity contribution in [3.05, 3.63) is 84.2 Å². The van der Waals surface area contributed by atoms with Crippen LogP contribution in [0.4, 0.5) is 10.1 Å². The van der Waals surface area contributed by atoms with Gasteiger partial charge >= 0.3 is 0 Å². The number of carbonyl (C=O) groups excluding carboxylic acids is 1. The molecule has 0 unspecified atom stereocenters. The van der Waals surface area contributed by atoms with Crippen molar-refractivity contribution in [3.8, 4) is 0 Å². The van der Waals surface area contributed by atoms with E-state index in [0.29, 0.717) is 17.3 Å². The summed E-state index contributed by atoms with van der Waals surface area (Å²) in [5.74, 6) is -0.500. The Morgan fingerprint density at radius 3 is 2.80 bits per heavy atom. The summed E-state index contributed by atoms with van der Waals surface area (Å²) in [4.78, 5) is 19.3. The van der Waals surface area contributed by atoms with Gasteiger partial charge in [0.05, 0.1) is 23.9 Å². The maximum absolute atomic E-state index is 13.2. The molecular formula is C26H28FN5O2S. The molecule has 182 valence electrons. The molecule has 0 radical (unpaired) electrons. The Kier molecular flexibility index (Phi) is 7.06. The topological polar surface area (TPSA) is 71.4 Å². The van der Waals surface area contributed by atoms with E-state index in [4.69, 9.17) is 17.0 Å². The van der Waals surface area contributed by atoms with Crippen LogP contribution in [0.1, 0.15) is 42.7 Å². The highest BCUT2D eigenvalue weighted by molar-refractivity contribution is 7.80. The van der Waals surface area contributed by atoms with Crippen molar-refractivity contribution in [1.82, 2.24) is 19.8 Å². The molecule has 0 bridgehead atoms. The van der Waals surface area contributed by atoms with Crippen LogP contribution in [-0.4, -0.2) is 44.7 Å². The van der Waals surface area contributed by atoms with Gasteiger partial charge in [0.25, 0.3) is 0 Å². The number of thiocarbonyl (C=S) groups is 1. The van der Waals surface area contributed by atoms with Crippen LogP contribution in [0.3, 0.4) is 0 Å². The summed E-state index contributed by atoms with van der Waals surface area (Å²) in [6, 6.07) is 15.5. The van der Waals surface area contributed by atoms with E-state index in [0.717, 1.165) is 37.4 Å². The highest BCUT2D eigenvalue weighted by Gasteiger charge is 2.41. The lowest BCUT2D eigenvalue weighted by molar-refractivity contribution is -0.116. The predicted molar refractivity (Wildman–Crippen MR) is 135 cm³/mol. The van der Waals surface area contributed by atoms with Gasteiger partial charge in [0.1, 0.15) is 5.82 Å². The molecule has 5 rings (SSSR count). The maximum atomic E-state index is 13.2. The smallest absolute Gasteiger partial charge is 0.226 e. The zero-order valence-electron chi connectivity index (χ0n) is 19.3. The predicted octanol–water partition coefficient (Wildman–Crippen LogP) is 4.20. The third-order valence-electron chi connectivity index (χ3n) is 6.50. The van der Waals surface area contributed by atoms with E-state index >= 15 is 0 Å². The van der Waals surface area contributed by atoms with Crippen LogP contribution >= 0.6 is 12.2 Å². The number of benzene rings is 1. The van der Waals surface area contributed by atoms with E-state index in [-0.39, 0.29) is 36.3 Å².